The molecule has 4 rings (SSSR count). The molecule has 0 aliphatic carbocycles. The summed E-state index contributed by atoms with van der Waals surface area (Å²) in [5.41, 5.74) is 5.94. The molecule has 0 spiro atoms. The lowest BCUT2D eigenvalue weighted by Gasteiger charge is -2.39. The van der Waals surface area contributed by atoms with E-state index in [1.807, 2.05) is 40.1 Å². The van der Waals surface area contributed by atoms with Crippen LogP contribution in [0.5, 0.6) is 0 Å². The standard InChI is InChI=1S/C22H28N6O5S/c23-22(30)25-21(29)20(17-4-2-1-3-5-17)27-10-8-26(9-11-27)19-7-6-18(16-24-19)34(31,32)28-12-14-33-15-13-28/h1-7,16,20H,8-15H2,(H3,23,25,29,30). The summed E-state index contributed by atoms with van der Waals surface area (Å²) in [4.78, 5) is 32.6. The maximum atomic E-state index is 12.8. The number of urea groups is 1. The fourth-order valence-corrected chi connectivity index (χ4v) is 5.56. The second kappa shape index (κ2) is 10.5. The van der Waals surface area contributed by atoms with E-state index in [9.17, 15) is 18.0 Å². The number of nitrogens with zero attached hydrogens (tertiary/aromatic N) is 4. The number of ether oxygens (including phenoxy) is 1. The molecule has 12 heteroatoms. The van der Waals surface area contributed by atoms with E-state index in [0.717, 1.165) is 5.56 Å². The van der Waals surface area contributed by atoms with E-state index in [0.29, 0.717) is 58.3 Å². The highest BCUT2D eigenvalue weighted by molar-refractivity contribution is 7.89. The maximum Gasteiger partial charge on any atom is 0.318 e. The molecule has 2 fully saturated rings. The third kappa shape index (κ3) is 5.36. The number of morpholine rings is 1. The van der Waals surface area contributed by atoms with E-state index in [4.69, 9.17) is 10.5 Å². The molecule has 11 nitrogen and oxygen atoms in total. The normalized spacial score (nSPS) is 18.9. The number of pyridine rings is 1. The van der Waals surface area contributed by atoms with Gasteiger partial charge in [0.15, 0.2) is 0 Å². The van der Waals surface area contributed by atoms with Gasteiger partial charge in [-0.1, -0.05) is 30.3 Å². The number of sulfonamides is 1. The SMILES string of the molecule is NC(=O)NC(=O)C(c1ccccc1)N1CCN(c2ccc(S(=O)(=O)N3CCOCC3)cn2)CC1. The number of benzene rings is 1. The molecule has 1 aromatic heterocycles. The number of nitrogens with one attached hydrogen (secondary N) is 1. The van der Waals surface area contributed by atoms with Crippen LogP contribution in [-0.4, -0.2) is 87.0 Å². The second-order valence-corrected chi connectivity index (χ2v) is 10.00. The van der Waals surface area contributed by atoms with Crippen LogP contribution in [0.2, 0.25) is 0 Å². The lowest BCUT2D eigenvalue weighted by Crippen LogP contribution is -2.52. The predicted molar refractivity (Wildman–Crippen MR) is 125 cm³/mol. The monoisotopic (exact) mass is 488 g/mol. The average Bonchev–Trinajstić information content (AvgIpc) is 2.85. The Morgan fingerprint density at radius 3 is 2.24 bits per heavy atom. The number of primary amides is 1. The zero-order valence-electron chi connectivity index (χ0n) is 18.7. The van der Waals surface area contributed by atoms with Gasteiger partial charge < -0.3 is 15.4 Å². The van der Waals surface area contributed by atoms with Crippen LogP contribution >= 0.6 is 0 Å². The van der Waals surface area contributed by atoms with E-state index in [1.165, 1.54) is 10.5 Å². The molecule has 1 aromatic carbocycles. The Hall–Kier alpha value is -3.06. The van der Waals surface area contributed by atoms with Crippen molar-refractivity contribution < 1.29 is 22.7 Å². The van der Waals surface area contributed by atoms with E-state index in [2.05, 4.69) is 10.3 Å². The molecule has 0 bridgehead atoms. The number of carbonyl (C=O) groups is 2. The second-order valence-electron chi connectivity index (χ2n) is 8.06. The molecule has 1 atom stereocenters. The Kier molecular flexibility index (Phi) is 7.41. The van der Waals surface area contributed by atoms with Gasteiger partial charge in [-0.2, -0.15) is 4.31 Å². The summed E-state index contributed by atoms with van der Waals surface area (Å²) in [7, 11) is -3.60. The summed E-state index contributed by atoms with van der Waals surface area (Å²) in [5, 5.41) is 2.19. The van der Waals surface area contributed by atoms with Crippen LogP contribution in [0.4, 0.5) is 10.6 Å². The number of aromatic nitrogens is 1. The van der Waals surface area contributed by atoms with Gasteiger partial charge in [-0.15, -0.1) is 0 Å². The molecule has 182 valence electrons. The third-order valence-electron chi connectivity index (χ3n) is 5.94. The van der Waals surface area contributed by atoms with Crippen molar-refractivity contribution in [3.63, 3.8) is 0 Å². The van der Waals surface area contributed by atoms with Crippen molar-refractivity contribution in [1.82, 2.24) is 19.5 Å². The molecule has 0 radical (unpaired) electrons. The molecule has 3 N–H and O–H groups in total. The Bertz CT molecular complexity index is 1100. The first kappa shape index (κ1) is 24.1. The minimum Gasteiger partial charge on any atom is -0.379 e. The van der Waals surface area contributed by atoms with Crippen LogP contribution in [0.3, 0.4) is 0 Å². The van der Waals surface area contributed by atoms with Gasteiger partial charge in [0.2, 0.25) is 15.9 Å². The van der Waals surface area contributed by atoms with Gasteiger partial charge >= 0.3 is 6.03 Å². The fraction of sp³-hybridized carbons (Fsp3) is 0.409. The highest BCUT2D eigenvalue weighted by atomic mass is 32.2. The Balaban J connectivity index is 1.43. The van der Waals surface area contributed by atoms with Gasteiger partial charge in [0.25, 0.3) is 0 Å². The summed E-state index contributed by atoms with van der Waals surface area (Å²) in [6.07, 6.45) is 1.39. The molecule has 1 unspecified atom stereocenters. The number of imide groups is 1. The van der Waals surface area contributed by atoms with Gasteiger partial charge in [0.05, 0.1) is 13.2 Å². The van der Waals surface area contributed by atoms with Crippen molar-refractivity contribution in [1.29, 1.82) is 0 Å². The molecule has 0 saturated carbocycles. The molecule has 34 heavy (non-hydrogen) atoms. The van der Waals surface area contributed by atoms with E-state index in [-0.39, 0.29) is 4.90 Å². The summed E-state index contributed by atoms with van der Waals surface area (Å²) in [6, 6.07) is 11.0. The van der Waals surface area contributed by atoms with Gasteiger partial charge in [0, 0.05) is 45.5 Å². The summed E-state index contributed by atoms with van der Waals surface area (Å²) in [6.45, 7) is 3.68. The number of anilines is 1. The van der Waals surface area contributed by atoms with Crippen molar-refractivity contribution in [2.24, 2.45) is 5.73 Å². The number of hydrogen-bond acceptors (Lipinski definition) is 8. The van der Waals surface area contributed by atoms with Gasteiger partial charge in [-0.05, 0) is 17.7 Å². The number of piperazine rings is 1. The van der Waals surface area contributed by atoms with E-state index in [1.54, 1.807) is 12.1 Å². The highest BCUT2D eigenvalue weighted by Crippen LogP contribution is 2.25. The fourth-order valence-electron chi connectivity index (χ4n) is 4.21. The molecular weight excluding hydrogens is 460 g/mol. The first-order valence-electron chi connectivity index (χ1n) is 11.0. The molecule has 2 saturated heterocycles. The summed E-state index contributed by atoms with van der Waals surface area (Å²) in [5.74, 6) is 0.196. The molecule has 3 heterocycles. The maximum absolute atomic E-state index is 12.8. The first-order valence-corrected chi connectivity index (χ1v) is 12.5. The quantitative estimate of drug-likeness (QED) is 0.587. The Labute approximate surface area is 198 Å². The highest BCUT2D eigenvalue weighted by Gasteiger charge is 2.32. The molecule has 3 amide bonds. The van der Waals surface area contributed by atoms with Crippen LogP contribution in [0.1, 0.15) is 11.6 Å². The topological polar surface area (TPSA) is 138 Å². The summed E-state index contributed by atoms with van der Waals surface area (Å²) >= 11 is 0. The van der Waals surface area contributed by atoms with Gasteiger partial charge in [-0.3, -0.25) is 15.0 Å². The third-order valence-corrected chi connectivity index (χ3v) is 7.82. The first-order chi connectivity index (χ1) is 16.4. The van der Waals surface area contributed by atoms with Crippen molar-refractivity contribution in [2.45, 2.75) is 10.9 Å². The Morgan fingerprint density at radius 2 is 1.65 bits per heavy atom. The van der Waals surface area contributed by atoms with Crippen LogP contribution in [0.25, 0.3) is 0 Å². The summed E-state index contributed by atoms with van der Waals surface area (Å²) < 4.78 is 32.3. The zero-order chi connectivity index (χ0) is 24.1. The molecular formula is C22H28N6O5S. The van der Waals surface area contributed by atoms with E-state index >= 15 is 0 Å². The van der Waals surface area contributed by atoms with Crippen molar-refractivity contribution in [2.75, 3.05) is 57.4 Å². The van der Waals surface area contributed by atoms with Gasteiger partial charge in [-0.25, -0.2) is 18.2 Å². The molecule has 2 aromatic rings. The molecule has 2 aliphatic heterocycles. The van der Waals surface area contributed by atoms with Crippen molar-refractivity contribution >= 4 is 27.8 Å². The van der Waals surface area contributed by atoms with Crippen molar-refractivity contribution in [3.05, 3.63) is 54.2 Å². The molecule has 2 aliphatic rings. The lowest BCUT2D eigenvalue weighted by molar-refractivity contribution is -0.125. The van der Waals surface area contributed by atoms with E-state index < -0.39 is 28.0 Å². The number of rotatable bonds is 6. The number of nitrogens with two attached hydrogens (primary N) is 1. The van der Waals surface area contributed by atoms with Crippen molar-refractivity contribution in [3.8, 4) is 0 Å². The van der Waals surface area contributed by atoms with Crippen LogP contribution in [0.15, 0.2) is 53.6 Å². The number of carbonyl (C=O) groups excluding carboxylic acids is 2. The van der Waals surface area contributed by atoms with Gasteiger partial charge in [0.1, 0.15) is 16.8 Å². The largest absolute Gasteiger partial charge is 0.379 e. The predicted octanol–water partition coefficient (Wildman–Crippen LogP) is 0.161. The smallest absolute Gasteiger partial charge is 0.318 e. The number of hydrogen-bond donors (Lipinski definition) is 2. The van der Waals surface area contributed by atoms with Crippen LogP contribution in [0, 0.1) is 0 Å². The average molecular weight is 489 g/mol. The minimum atomic E-state index is -3.60. The Morgan fingerprint density at radius 1 is 0.971 bits per heavy atom. The zero-order valence-corrected chi connectivity index (χ0v) is 19.5. The minimum absolute atomic E-state index is 0.157. The van der Waals surface area contributed by atoms with Crippen LogP contribution in [-0.2, 0) is 19.6 Å². The number of amides is 3. The lowest BCUT2D eigenvalue weighted by atomic mass is 10.0. The van der Waals surface area contributed by atoms with Crippen LogP contribution < -0.4 is 16.0 Å².